The predicted octanol–water partition coefficient (Wildman–Crippen LogP) is 3.77. The molecule has 0 bridgehead atoms. The Balaban J connectivity index is 2.74. The van der Waals surface area contributed by atoms with Crippen LogP contribution in [0.5, 0.6) is 0 Å². The highest BCUT2D eigenvalue weighted by atomic mass is 15.2. The number of nitrogens with zero attached hydrogens (tertiary/aromatic N) is 1. The van der Waals surface area contributed by atoms with Crippen LogP contribution in [0.2, 0.25) is 0 Å². The maximum atomic E-state index is 3.74. The lowest BCUT2D eigenvalue weighted by atomic mass is 9.82. The molecular formula is C17H36N2. The van der Waals surface area contributed by atoms with Gasteiger partial charge in [-0.1, -0.05) is 41.5 Å². The Morgan fingerprint density at radius 3 is 2.11 bits per heavy atom. The van der Waals surface area contributed by atoms with E-state index >= 15 is 0 Å². The van der Waals surface area contributed by atoms with Gasteiger partial charge in [-0.15, -0.1) is 0 Å². The van der Waals surface area contributed by atoms with Gasteiger partial charge in [-0.3, -0.25) is 4.90 Å². The zero-order chi connectivity index (χ0) is 14.4. The van der Waals surface area contributed by atoms with Gasteiger partial charge in [0.25, 0.3) is 0 Å². The summed E-state index contributed by atoms with van der Waals surface area (Å²) in [4.78, 5) is 2.78. The minimum absolute atomic E-state index is 0.707. The van der Waals surface area contributed by atoms with E-state index in [0.717, 1.165) is 30.3 Å². The summed E-state index contributed by atoms with van der Waals surface area (Å²) in [6, 6.07) is 1.45. The van der Waals surface area contributed by atoms with Crippen molar-refractivity contribution in [3.63, 3.8) is 0 Å². The molecule has 1 N–H and O–H groups in total. The Bertz CT molecular complexity index is 227. The van der Waals surface area contributed by atoms with Gasteiger partial charge in [0.15, 0.2) is 0 Å². The topological polar surface area (TPSA) is 15.3 Å². The predicted molar refractivity (Wildman–Crippen MR) is 85.5 cm³/mol. The molecule has 1 rings (SSSR count). The van der Waals surface area contributed by atoms with Crippen molar-refractivity contribution in [2.24, 2.45) is 17.8 Å². The van der Waals surface area contributed by atoms with Gasteiger partial charge in [0.2, 0.25) is 0 Å². The second kappa shape index (κ2) is 8.26. The molecule has 0 aromatic carbocycles. The van der Waals surface area contributed by atoms with Crippen molar-refractivity contribution in [2.75, 3.05) is 19.6 Å². The van der Waals surface area contributed by atoms with E-state index in [1.54, 1.807) is 0 Å². The number of hydrogen-bond donors (Lipinski definition) is 1. The number of hydrogen-bond acceptors (Lipinski definition) is 2. The smallest absolute Gasteiger partial charge is 0.0252 e. The van der Waals surface area contributed by atoms with E-state index in [9.17, 15) is 0 Å². The summed E-state index contributed by atoms with van der Waals surface area (Å²) in [5.41, 5.74) is 0. The summed E-state index contributed by atoms with van der Waals surface area (Å²) in [6.07, 6.45) is 4.12. The molecular weight excluding hydrogens is 232 g/mol. The molecule has 1 saturated carbocycles. The highest BCUT2D eigenvalue weighted by Gasteiger charge is 2.32. The van der Waals surface area contributed by atoms with Crippen LogP contribution in [0.3, 0.4) is 0 Å². The Hall–Kier alpha value is -0.0800. The normalized spacial score (nSPS) is 28.6. The molecule has 0 aliphatic heterocycles. The van der Waals surface area contributed by atoms with Gasteiger partial charge < -0.3 is 5.32 Å². The van der Waals surface area contributed by atoms with E-state index in [0.29, 0.717) is 6.04 Å². The third-order valence-corrected chi connectivity index (χ3v) is 4.21. The summed E-state index contributed by atoms with van der Waals surface area (Å²) >= 11 is 0. The maximum absolute atomic E-state index is 3.74. The van der Waals surface area contributed by atoms with Gasteiger partial charge in [0, 0.05) is 25.2 Å². The van der Waals surface area contributed by atoms with Gasteiger partial charge in [-0.25, -0.2) is 0 Å². The average molecular weight is 268 g/mol. The summed E-state index contributed by atoms with van der Waals surface area (Å²) in [6.45, 7) is 17.7. The van der Waals surface area contributed by atoms with E-state index < -0.39 is 0 Å². The fourth-order valence-electron chi connectivity index (χ4n) is 3.54. The minimum Gasteiger partial charge on any atom is -0.313 e. The molecule has 1 aliphatic rings. The van der Waals surface area contributed by atoms with Crippen molar-refractivity contribution in [3.05, 3.63) is 0 Å². The molecule has 0 aromatic heterocycles. The van der Waals surface area contributed by atoms with Crippen LogP contribution in [-0.4, -0.2) is 36.6 Å². The number of rotatable bonds is 7. The SMILES string of the molecule is CCNC1CCC(C)CC1N(CC(C)C)CC(C)C. The highest BCUT2D eigenvalue weighted by Crippen LogP contribution is 2.29. The second-order valence-electron chi connectivity index (χ2n) is 7.39. The standard InChI is InChI=1S/C17H36N2/c1-7-18-16-9-8-15(6)10-17(16)19(11-13(2)3)12-14(4)5/h13-18H,7-12H2,1-6H3. The molecule has 0 radical (unpaired) electrons. The van der Waals surface area contributed by atoms with Crippen molar-refractivity contribution in [1.29, 1.82) is 0 Å². The van der Waals surface area contributed by atoms with Crippen LogP contribution in [0.4, 0.5) is 0 Å². The van der Waals surface area contributed by atoms with Crippen molar-refractivity contribution in [3.8, 4) is 0 Å². The van der Waals surface area contributed by atoms with Crippen LogP contribution in [-0.2, 0) is 0 Å². The van der Waals surface area contributed by atoms with Crippen LogP contribution >= 0.6 is 0 Å². The van der Waals surface area contributed by atoms with E-state index in [1.807, 2.05) is 0 Å². The molecule has 114 valence electrons. The Kier molecular flexibility index (Phi) is 7.38. The van der Waals surface area contributed by atoms with Crippen molar-refractivity contribution in [2.45, 2.75) is 72.9 Å². The molecule has 3 unspecified atom stereocenters. The number of nitrogens with one attached hydrogen (secondary N) is 1. The van der Waals surface area contributed by atoms with Crippen molar-refractivity contribution >= 4 is 0 Å². The summed E-state index contributed by atoms with van der Waals surface area (Å²) in [7, 11) is 0. The van der Waals surface area contributed by atoms with Crippen LogP contribution in [0, 0.1) is 17.8 Å². The Morgan fingerprint density at radius 1 is 1.05 bits per heavy atom. The monoisotopic (exact) mass is 268 g/mol. The van der Waals surface area contributed by atoms with Crippen LogP contribution < -0.4 is 5.32 Å². The average Bonchev–Trinajstić information content (AvgIpc) is 2.29. The van der Waals surface area contributed by atoms with E-state index in [2.05, 4.69) is 51.8 Å². The molecule has 0 amide bonds. The first-order chi connectivity index (χ1) is 8.93. The van der Waals surface area contributed by atoms with Crippen molar-refractivity contribution in [1.82, 2.24) is 10.2 Å². The van der Waals surface area contributed by atoms with E-state index in [1.165, 1.54) is 32.4 Å². The van der Waals surface area contributed by atoms with Crippen molar-refractivity contribution < 1.29 is 0 Å². The lowest BCUT2D eigenvalue weighted by molar-refractivity contribution is 0.0802. The third kappa shape index (κ3) is 5.83. The maximum Gasteiger partial charge on any atom is 0.0252 e. The number of likely N-dealkylation sites (N-methyl/N-ethyl adjacent to an activating group) is 1. The molecule has 0 spiro atoms. The molecule has 19 heavy (non-hydrogen) atoms. The van der Waals surface area contributed by atoms with Crippen LogP contribution in [0.1, 0.15) is 60.8 Å². The molecule has 0 aromatic rings. The third-order valence-electron chi connectivity index (χ3n) is 4.21. The molecule has 0 saturated heterocycles. The first-order valence-corrected chi connectivity index (χ1v) is 8.41. The van der Waals surface area contributed by atoms with Gasteiger partial charge >= 0.3 is 0 Å². The molecule has 2 nitrogen and oxygen atoms in total. The molecule has 2 heteroatoms. The molecule has 1 aliphatic carbocycles. The zero-order valence-electron chi connectivity index (χ0n) is 14.1. The van der Waals surface area contributed by atoms with Crippen LogP contribution in [0.15, 0.2) is 0 Å². The molecule has 0 heterocycles. The van der Waals surface area contributed by atoms with Crippen LogP contribution in [0.25, 0.3) is 0 Å². The lowest BCUT2D eigenvalue weighted by Gasteiger charge is -2.44. The first kappa shape index (κ1) is 17.0. The fraction of sp³-hybridized carbons (Fsp3) is 1.00. The fourth-order valence-corrected chi connectivity index (χ4v) is 3.54. The highest BCUT2D eigenvalue weighted by molar-refractivity contribution is 4.90. The summed E-state index contributed by atoms with van der Waals surface area (Å²) < 4.78 is 0. The molecule has 3 atom stereocenters. The minimum atomic E-state index is 0.707. The van der Waals surface area contributed by atoms with Gasteiger partial charge in [0.05, 0.1) is 0 Å². The van der Waals surface area contributed by atoms with E-state index in [-0.39, 0.29) is 0 Å². The lowest BCUT2D eigenvalue weighted by Crippen LogP contribution is -2.54. The zero-order valence-corrected chi connectivity index (χ0v) is 14.1. The quantitative estimate of drug-likeness (QED) is 0.756. The largest absolute Gasteiger partial charge is 0.313 e. The second-order valence-corrected chi connectivity index (χ2v) is 7.39. The summed E-state index contributed by atoms with van der Waals surface area (Å²) in [5, 5.41) is 3.74. The van der Waals surface area contributed by atoms with Gasteiger partial charge in [0.1, 0.15) is 0 Å². The first-order valence-electron chi connectivity index (χ1n) is 8.41. The van der Waals surface area contributed by atoms with Gasteiger partial charge in [-0.2, -0.15) is 0 Å². The Labute approximate surface area is 121 Å². The van der Waals surface area contributed by atoms with Gasteiger partial charge in [-0.05, 0) is 43.6 Å². The Morgan fingerprint density at radius 2 is 1.63 bits per heavy atom. The summed E-state index contributed by atoms with van der Waals surface area (Å²) in [5.74, 6) is 2.42. The molecule has 1 fully saturated rings. The van der Waals surface area contributed by atoms with E-state index in [4.69, 9.17) is 0 Å².